The topological polar surface area (TPSA) is 54.3 Å². The number of urea groups is 1. The van der Waals surface area contributed by atoms with Crippen molar-refractivity contribution in [2.24, 2.45) is 0 Å². The van der Waals surface area contributed by atoms with Gasteiger partial charge < -0.3 is 15.1 Å². The quantitative estimate of drug-likeness (QED) is 0.634. The molecular weight excluding hydrogens is 296 g/mol. The lowest BCUT2D eigenvalue weighted by Gasteiger charge is -2.06. The summed E-state index contributed by atoms with van der Waals surface area (Å²) in [6.07, 6.45) is 1.58. The molecule has 0 atom stereocenters. The number of thioether (sulfide) groups is 1. The minimum Gasteiger partial charge on any atom is -0.467 e. The number of amides is 2. The maximum Gasteiger partial charge on any atom is 0.315 e. The molecule has 2 amide bonds. The zero-order valence-corrected chi connectivity index (χ0v) is 12.3. The molecule has 1 aromatic heterocycles. The van der Waals surface area contributed by atoms with Crippen LogP contribution in [0.2, 0.25) is 5.02 Å². The lowest BCUT2D eigenvalue weighted by atomic mass is 10.4. The van der Waals surface area contributed by atoms with Gasteiger partial charge in [-0.3, -0.25) is 0 Å². The SMILES string of the molecule is O=C(NCCSc1ccc(Cl)cc1)NCc1ccco1. The van der Waals surface area contributed by atoms with Crippen LogP contribution in [-0.2, 0) is 6.54 Å². The van der Waals surface area contributed by atoms with E-state index in [4.69, 9.17) is 16.0 Å². The first-order valence-corrected chi connectivity index (χ1v) is 7.53. The third-order valence-corrected chi connectivity index (χ3v) is 3.74. The molecule has 2 rings (SSSR count). The average molecular weight is 311 g/mol. The number of halogens is 1. The molecule has 6 heteroatoms. The van der Waals surface area contributed by atoms with Crippen LogP contribution in [0.3, 0.4) is 0 Å². The fourth-order valence-electron chi connectivity index (χ4n) is 1.51. The van der Waals surface area contributed by atoms with Crippen molar-refractivity contribution in [1.82, 2.24) is 10.6 Å². The van der Waals surface area contributed by atoms with Crippen molar-refractivity contribution in [2.45, 2.75) is 11.4 Å². The molecule has 0 saturated heterocycles. The third kappa shape index (κ3) is 5.19. The Morgan fingerprint density at radius 3 is 2.70 bits per heavy atom. The van der Waals surface area contributed by atoms with Gasteiger partial charge in [-0.1, -0.05) is 11.6 Å². The van der Waals surface area contributed by atoms with Crippen molar-refractivity contribution in [3.8, 4) is 0 Å². The zero-order valence-electron chi connectivity index (χ0n) is 10.8. The number of furan rings is 1. The molecule has 2 N–H and O–H groups in total. The second-order valence-electron chi connectivity index (χ2n) is 3.99. The number of benzene rings is 1. The number of carbonyl (C=O) groups is 1. The summed E-state index contributed by atoms with van der Waals surface area (Å²) < 4.78 is 5.12. The number of nitrogens with one attached hydrogen (secondary N) is 2. The Hall–Kier alpha value is -1.59. The molecule has 106 valence electrons. The average Bonchev–Trinajstić information content (AvgIpc) is 2.96. The maximum absolute atomic E-state index is 11.5. The van der Waals surface area contributed by atoms with Gasteiger partial charge in [0.2, 0.25) is 0 Å². The van der Waals surface area contributed by atoms with Gasteiger partial charge in [0.05, 0.1) is 12.8 Å². The highest BCUT2D eigenvalue weighted by Gasteiger charge is 2.01. The Kier molecular flexibility index (Phi) is 5.83. The summed E-state index contributed by atoms with van der Waals surface area (Å²) in [4.78, 5) is 12.6. The molecule has 2 aromatic rings. The predicted molar refractivity (Wildman–Crippen MR) is 81.1 cm³/mol. The lowest BCUT2D eigenvalue weighted by molar-refractivity contribution is 0.240. The van der Waals surface area contributed by atoms with Crippen LogP contribution in [0.4, 0.5) is 4.79 Å². The van der Waals surface area contributed by atoms with Crippen molar-refractivity contribution in [3.63, 3.8) is 0 Å². The molecule has 0 aliphatic carbocycles. The lowest BCUT2D eigenvalue weighted by Crippen LogP contribution is -2.36. The largest absolute Gasteiger partial charge is 0.467 e. The summed E-state index contributed by atoms with van der Waals surface area (Å²) in [6.45, 7) is 0.987. The van der Waals surface area contributed by atoms with Gasteiger partial charge in [-0.05, 0) is 36.4 Å². The van der Waals surface area contributed by atoms with Crippen LogP contribution in [0.25, 0.3) is 0 Å². The number of rotatable bonds is 6. The predicted octanol–water partition coefficient (Wildman–Crippen LogP) is 3.52. The Labute approximate surface area is 126 Å². The standard InChI is InChI=1S/C14H15ClN2O2S/c15-11-3-5-13(6-4-11)20-9-7-16-14(18)17-10-12-2-1-8-19-12/h1-6,8H,7,9-10H2,(H2,16,17,18). The molecule has 0 unspecified atom stereocenters. The fraction of sp³-hybridized carbons (Fsp3) is 0.214. The first-order valence-electron chi connectivity index (χ1n) is 6.16. The molecule has 20 heavy (non-hydrogen) atoms. The van der Waals surface area contributed by atoms with E-state index in [0.717, 1.165) is 21.4 Å². The van der Waals surface area contributed by atoms with E-state index in [-0.39, 0.29) is 6.03 Å². The van der Waals surface area contributed by atoms with Crippen molar-refractivity contribution in [2.75, 3.05) is 12.3 Å². The second-order valence-corrected chi connectivity index (χ2v) is 5.60. The summed E-state index contributed by atoms with van der Waals surface area (Å²) >= 11 is 7.48. The van der Waals surface area contributed by atoms with E-state index < -0.39 is 0 Å². The molecule has 0 saturated carbocycles. The fourth-order valence-corrected chi connectivity index (χ4v) is 2.40. The van der Waals surface area contributed by atoms with Crippen molar-refractivity contribution in [1.29, 1.82) is 0 Å². The smallest absolute Gasteiger partial charge is 0.315 e. The molecule has 1 aromatic carbocycles. The second kappa shape index (κ2) is 7.87. The van der Waals surface area contributed by atoms with Gasteiger partial charge in [0.1, 0.15) is 5.76 Å². The zero-order chi connectivity index (χ0) is 14.2. The Morgan fingerprint density at radius 2 is 2.00 bits per heavy atom. The monoisotopic (exact) mass is 310 g/mol. The van der Waals surface area contributed by atoms with E-state index in [1.165, 1.54) is 0 Å². The van der Waals surface area contributed by atoms with Gasteiger partial charge in [0, 0.05) is 22.2 Å². The summed E-state index contributed by atoms with van der Waals surface area (Å²) in [7, 11) is 0. The molecule has 0 aliphatic rings. The van der Waals surface area contributed by atoms with E-state index in [0.29, 0.717) is 13.1 Å². The summed E-state index contributed by atoms with van der Waals surface area (Å²) in [5.74, 6) is 1.53. The maximum atomic E-state index is 11.5. The molecule has 0 radical (unpaired) electrons. The van der Waals surface area contributed by atoms with Gasteiger partial charge in [0.15, 0.2) is 0 Å². The molecule has 0 fully saturated rings. The summed E-state index contributed by atoms with van der Waals surface area (Å²) in [5, 5.41) is 6.24. The van der Waals surface area contributed by atoms with E-state index in [2.05, 4.69) is 10.6 Å². The van der Waals surface area contributed by atoms with Crippen molar-refractivity contribution in [3.05, 3.63) is 53.4 Å². The number of hydrogen-bond donors (Lipinski definition) is 2. The van der Waals surface area contributed by atoms with E-state index in [1.807, 2.05) is 30.3 Å². The molecule has 0 spiro atoms. The van der Waals surface area contributed by atoms with Crippen molar-refractivity contribution >= 4 is 29.4 Å². The highest BCUT2D eigenvalue weighted by atomic mass is 35.5. The number of carbonyl (C=O) groups excluding carboxylic acids is 1. The van der Waals surface area contributed by atoms with Crippen molar-refractivity contribution < 1.29 is 9.21 Å². The molecular formula is C14H15ClN2O2S. The van der Waals surface area contributed by atoms with Gasteiger partial charge >= 0.3 is 6.03 Å². The van der Waals surface area contributed by atoms with E-state index in [1.54, 1.807) is 24.1 Å². The van der Waals surface area contributed by atoms with E-state index in [9.17, 15) is 4.79 Å². The molecule has 0 aliphatic heterocycles. The van der Waals surface area contributed by atoms with Gasteiger partial charge in [0.25, 0.3) is 0 Å². The first-order chi connectivity index (χ1) is 9.74. The van der Waals surface area contributed by atoms with Crippen LogP contribution in [0.1, 0.15) is 5.76 Å². The number of hydrogen-bond acceptors (Lipinski definition) is 3. The normalized spacial score (nSPS) is 10.2. The Bertz CT molecular complexity index is 529. The van der Waals surface area contributed by atoms with Gasteiger partial charge in [-0.25, -0.2) is 4.79 Å². The van der Waals surface area contributed by atoms with Crippen LogP contribution >= 0.6 is 23.4 Å². The van der Waals surface area contributed by atoms with Crippen LogP contribution in [-0.4, -0.2) is 18.3 Å². The van der Waals surface area contributed by atoms with Crippen LogP contribution in [0, 0.1) is 0 Å². The van der Waals surface area contributed by atoms with E-state index >= 15 is 0 Å². The minimum atomic E-state index is -0.196. The summed E-state index contributed by atoms with van der Waals surface area (Å²) in [5.41, 5.74) is 0. The Morgan fingerprint density at radius 1 is 1.20 bits per heavy atom. The first kappa shape index (κ1) is 14.8. The summed E-state index contributed by atoms with van der Waals surface area (Å²) in [6, 6.07) is 11.0. The molecule has 4 nitrogen and oxygen atoms in total. The van der Waals surface area contributed by atoms with Gasteiger partial charge in [-0.15, -0.1) is 11.8 Å². The van der Waals surface area contributed by atoms with Crippen LogP contribution in [0.5, 0.6) is 0 Å². The Balaban J connectivity index is 1.58. The van der Waals surface area contributed by atoms with Gasteiger partial charge in [-0.2, -0.15) is 0 Å². The highest BCUT2D eigenvalue weighted by Crippen LogP contribution is 2.19. The van der Waals surface area contributed by atoms with Crippen LogP contribution in [0.15, 0.2) is 52.0 Å². The van der Waals surface area contributed by atoms with Crippen LogP contribution < -0.4 is 10.6 Å². The molecule has 0 bridgehead atoms. The minimum absolute atomic E-state index is 0.196. The highest BCUT2D eigenvalue weighted by molar-refractivity contribution is 7.99. The third-order valence-electron chi connectivity index (χ3n) is 2.47. The molecule has 1 heterocycles.